The lowest BCUT2D eigenvalue weighted by atomic mass is 10.0. The second-order valence-corrected chi connectivity index (χ2v) is 6.84. The predicted octanol–water partition coefficient (Wildman–Crippen LogP) is 5.50. The van der Waals surface area contributed by atoms with Gasteiger partial charge in [-0.2, -0.15) is 0 Å². The molecule has 3 rings (SSSR count). The van der Waals surface area contributed by atoms with Crippen LogP contribution < -0.4 is 14.2 Å². The summed E-state index contributed by atoms with van der Waals surface area (Å²) in [6, 6.07) is 9.44. The number of benzene rings is 2. The number of ketones is 1. The molecule has 27 heavy (non-hydrogen) atoms. The van der Waals surface area contributed by atoms with Gasteiger partial charge in [-0.25, -0.2) is 0 Å². The Hall–Kier alpha value is -2.75. The third-order valence-corrected chi connectivity index (χ3v) is 4.78. The highest BCUT2D eigenvalue weighted by Gasteiger charge is 2.28. The smallest absolute Gasteiger partial charge is 0.231 e. The normalized spacial score (nSPS) is 14.2. The summed E-state index contributed by atoms with van der Waals surface area (Å²) in [5, 5.41) is 0. The van der Waals surface area contributed by atoms with Crippen molar-refractivity contribution in [2.45, 2.75) is 40.0 Å². The van der Waals surface area contributed by atoms with Crippen LogP contribution in [0, 0.1) is 13.8 Å². The summed E-state index contributed by atoms with van der Waals surface area (Å²) < 4.78 is 17.1. The van der Waals surface area contributed by atoms with Crippen LogP contribution in [0.1, 0.15) is 53.2 Å². The number of methoxy groups -OCH3 is 1. The molecule has 0 radical (unpaired) electrons. The van der Waals surface area contributed by atoms with E-state index >= 15 is 0 Å². The van der Waals surface area contributed by atoms with Crippen LogP contribution >= 0.6 is 0 Å². The third kappa shape index (κ3) is 4.16. The molecule has 2 aromatic rings. The summed E-state index contributed by atoms with van der Waals surface area (Å²) in [5.41, 5.74) is 3.64. The zero-order valence-corrected chi connectivity index (χ0v) is 16.4. The second-order valence-electron chi connectivity index (χ2n) is 6.84. The molecule has 0 fully saturated rings. The van der Waals surface area contributed by atoms with Crippen molar-refractivity contribution in [3.8, 4) is 17.2 Å². The van der Waals surface area contributed by atoms with Crippen LogP contribution in [0.25, 0.3) is 6.08 Å². The molecule has 0 saturated heterocycles. The van der Waals surface area contributed by atoms with Gasteiger partial charge >= 0.3 is 0 Å². The molecule has 0 atom stereocenters. The molecule has 0 aromatic heterocycles. The summed E-state index contributed by atoms with van der Waals surface area (Å²) in [6.45, 7) is 6.83. The lowest BCUT2D eigenvalue weighted by Gasteiger charge is -2.11. The van der Waals surface area contributed by atoms with Crippen LogP contribution in [0.5, 0.6) is 17.2 Å². The quantitative estimate of drug-likeness (QED) is 0.480. The molecule has 4 heteroatoms. The zero-order chi connectivity index (χ0) is 19.4. The Labute approximate surface area is 160 Å². The summed E-state index contributed by atoms with van der Waals surface area (Å²) in [5.74, 6) is 2.22. The Morgan fingerprint density at radius 1 is 1.04 bits per heavy atom. The van der Waals surface area contributed by atoms with E-state index in [1.165, 1.54) is 0 Å². The third-order valence-electron chi connectivity index (χ3n) is 4.78. The fraction of sp³-hybridized carbons (Fsp3) is 0.348. The van der Waals surface area contributed by atoms with E-state index in [0.29, 0.717) is 35.2 Å². The monoisotopic (exact) mass is 366 g/mol. The van der Waals surface area contributed by atoms with Crippen molar-refractivity contribution in [1.29, 1.82) is 0 Å². The van der Waals surface area contributed by atoms with Crippen molar-refractivity contribution in [1.82, 2.24) is 0 Å². The number of allylic oxidation sites excluding steroid dienone is 1. The number of carbonyl (C=O) groups is 1. The van der Waals surface area contributed by atoms with E-state index in [1.807, 2.05) is 44.2 Å². The molecule has 0 unspecified atom stereocenters. The summed E-state index contributed by atoms with van der Waals surface area (Å²) in [4.78, 5) is 12.6. The minimum atomic E-state index is -0.0908. The molecular weight excluding hydrogens is 340 g/mol. The van der Waals surface area contributed by atoms with Crippen molar-refractivity contribution in [2.75, 3.05) is 13.7 Å². The first kappa shape index (κ1) is 19.0. The van der Waals surface area contributed by atoms with Gasteiger partial charge in [0.05, 0.1) is 19.3 Å². The van der Waals surface area contributed by atoms with Gasteiger partial charge in [-0.1, -0.05) is 25.8 Å². The molecule has 0 aliphatic carbocycles. The largest absolute Gasteiger partial charge is 0.493 e. The van der Waals surface area contributed by atoms with Crippen molar-refractivity contribution in [2.24, 2.45) is 0 Å². The minimum Gasteiger partial charge on any atom is -0.493 e. The number of unbranched alkanes of at least 4 members (excludes halogenated alkanes) is 2. The summed E-state index contributed by atoms with van der Waals surface area (Å²) in [6.07, 6.45) is 5.06. The predicted molar refractivity (Wildman–Crippen MR) is 107 cm³/mol. The fourth-order valence-electron chi connectivity index (χ4n) is 3.02. The van der Waals surface area contributed by atoms with Gasteiger partial charge in [-0.3, -0.25) is 4.79 Å². The van der Waals surface area contributed by atoms with E-state index in [-0.39, 0.29) is 5.78 Å². The second kappa shape index (κ2) is 8.30. The summed E-state index contributed by atoms with van der Waals surface area (Å²) in [7, 11) is 1.61. The Kier molecular flexibility index (Phi) is 5.84. The molecule has 0 N–H and O–H groups in total. The van der Waals surface area contributed by atoms with Crippen LogP contribution in [0.4, 0.5) is 0 Å². The topological polar surface area (TPSA) is 44.8 Å². The average molecular weight is 366 g/mol. The molecule has 0 bridgehead atoms. The lowest BCUT2D eigenvalue weighted by molar-refractivity contribution is 0.101. The molecule has 0 spiro atoms. The number of hydrogen-bond acceptors (Lipinski definition) is 4. The maximum atomic E-state index is 12.6. The highest BCUT2D eigenvalue weighted by atomic mass is 16.5. The van der Waals surface area contributed by atoms with Gasteiger partial charge in [0.25, 0.3) is 0 Å². The lowest BCUT2D eigenvalue weighted by Crippen LogP contribution is -2.00. The molecule has 1 heterocycles. The number of rotatable bonds is 7. The van der Waals surface area contributed by atoms with E-state index in [0.717, 1.165) is 36.0 Å². The van der Waals surface area contributed by atoms with E-state index < -0.39 is 0 Å². The molecule has 1 aliphatic rings. The molecule has 142 valence electrons. The molecule has 0 amide bonds. The van der Waals surface area contributed by atoms with E-state index in [1.54, 1.807) is 13.2 Å². The minimum absolute atomic E-state index is 0.0908. The van der Waals surface area contributed by atoms with Crippen LogP contribution in [0.2, 0.25) is 0 Å². The van der Waals surface area contributed by atoms with Crippen molar-refractivity contribution in [3.05, 3.63) is 58.3 Å². The highest BCUT2D eigenvalue weighted by molar-refractivity contribution is 6.14. The average Bonchev–Trinajstić information content (AvgIpc) is 2.95. The summed E-state index contributed by atoms with van der Waals surface area (Å²) >= 11 is 0. The number of aryl methyl sites for hydroxylation is 2. The Balaban J connectivity index is 1.80. The number of hydrogen-bond donors (Lipinski definition) is 0. The number of ether oxygens (including phenoxy) is 3. The van der Waals surface area contributed by atoms with Crippen LogP contribution in [0.3, 0.4) is 0 Å². The number of Topliss-reactive ketones (excluding diaryl/α,β-unsaturated/α-hetero) is 1. The van der Waals surface area contributed by atoms with Gasteiger partial charge in [0.2, 0.25) is 5.78 Å². The van der Waals surface area contributed by atoms with Gasteiger partial charge in [0.1, 0.15) is 5.75 Å². The molecular formula is C23H26O4. The number of carbonyl (C=O) groups excluding carboxylic acids is 1. The number of fused-ring (bicyclic) bond motifs is 1. The van der Waals surface area contributed by atoms with Crippen molar-refractivity contribution in [3.63, 3.8) is 0 Å². The van der Waals surface area contributed by atoms with Crippen molar-refractivity contribution < 1.29 is 19.0 Å². The fourth-order valence-corrected chi connectivity index (χ4v) is 3.02. The molecule has 2 aromatic carbocycles. The molecule has 1 aliphatic heterocycles. The van der Waals surface area contributed by atoms with Crippen LogP contribution in [-0.4, -0.2) is 19.5 Å². The standard InChI is InChI=1S/C23H26O4/c1-5-6-7-10-26-19-9-8-17(13-21(19)25-4)14-22-23(24)18-11-15(2)16(3)12-20(18)27-22/h8-9,11-14H,5-7,10H2,1-4H3/b22-14-. The van der Waals surface area contributed by atoms with Crippen molar-refractivity contribution >= 4 is 11.9 Å². The molecule has 4 nitrogen and oxygen atoms in total. The first-order chi connectivity index (χ1) is 13.0. The molecule has 0 saturated carbocycles. The maximum Gasteiger partial charge on any atom is 0.231 e. The van der Waals surface area contributed by atoms with Gasteiger partial charge in [-0.15, -0.1) is 0 Å². The zero-order valence-electron chi connectivity index (χ0n) is 16.4. The first-order valence-corrected chi connectivity index (χ1v) is 9.39. The van der Waals surface area contributed by atoms with E-state index in [9.17, 15) is 4.79 Å². The highest BCUT2D eigenvalue weighted by Crippen LogP contribution is 2.35. The maximum absolute atomic E-state index is 12.6. The first-order valence-electron chi connectivity index (χ1n) is 9.39. The Bertz CT molecular complexity index is 880. The van der Waals surface area contributed by atoms with E-state index in [2.05, 4.69) is 6.92 Å². The van der Waals surface area contributed by atoms with Crippen LogP contribution in [-0.2, 0) is 0 Å². The van der Waals surface area contributed by atoms with E-state index in [4.69, 9.17) is 14.2 Å². The van der Waals surface area contributed by atoms with Gasteiger partial charge in [-0.05, 0) is 67.3 Å². The van der Waals surface area contributed by atoms with Crippen LogP contribution in [0.15, 0.2) is 36.1 Å². The Morgan fingerprint density at radius 3 is 2.56 bits per heavy atom. The van der Waals surface area contributed by atoms with Gasteiger partial charge in [0, 0.05) is 0 Å². The van der Waals surface area contributed by atoms with Gasteiger partial charge in [0.15, 0.2) is 17.3 Å². The SMILES string of the molecule is CCCCCOc1ccc(/C=C2\Oc3cc(C)c(C)cc3C2=O)cc1OC. The Morgan fingerprint density at radius 2 is 1.81 bits per heavy atom. The van der Waals surface area contributed by atoms with Gasteiger partial charge < -0.3 is 14.2 Å².